The van der Waals surface area contributed by atoms with Crippen molar-refractivity contribution >= 4 is 5.91 Å². The van der Waals surface area contributed by atoms with Crippen molar-refractivity contribution < 1.29 is 9.53 Å². The molecule has 1 amide bonds. The minimum Gasteiger partial charge on any atom is -0.383 e. The molecule has 1 aromatic carbocycles. The smallest absolute Gasteiger partial charge is 0.253 e. The third-order valence-corrected chi connectivity index (χ3v) is 3.71. The lowest BCUT2D eigenvalue weighted by atomic mass is 10.1. The fourth-order valence-corrected chi connectivity index (χ4v) is 2.36. The number of benzene rings is 1. The molecule has 0 aliphatic carbocycles. The molecule has 1 aromatic rings. The van der Waals surface area contributed by atoms with Crippen LogP contribution in [-0.2, 0) is 11.3 Å². The Bertz CT molecular complexity index is 425. The summed E-state index contributed by atoms with van der Waals surface area (Å²) in [5.74, 6) is 0.111. The van der Waals surface area contributed by atoms with Crippen molar-refractivity contribution in [3.05, 3.63) is 35.4 Å². The largest absolute Gasteiger partial charge is 0.383 e. The Morgan fingerprint density at radius 3 is 2.40 bits per heavy atom. The highest BCUT2D eigenvalue weighted by Crippen LogP contribution is 2.10. The van der Waals surface area contributed by atoms with Crippen LogP contribution >= 0.6 is 0 Å². The van der Waals surface area contributed by atoms with Crippen LogP contribution in [0.5, 0.6) is 0 Å². The van der Waals surface area contributed by atoms with Gasteiger partial charge in [-0.3, -0.25) is 9.69 Å². The van der Waals surface area contributed by atoms with Crippen molar-refractivity contribution in [2.45, 2.75) is 6.54 Å². The van der Waals surface area contributed by atoms with Crippen LogP contribution in [0.3, 0.4) is 0 Å². The SMILES string of the molecule is COCCN1CCN(C(=O)c2ccc(CN)cc2)CC1. The maximum atomic E-state index is 12.4. The maximum absolute atomic E-state index is 12.4. The number of amides is 1. The predicted octanol–water partition coefficient (Wildman–Crippen LogP) is 0.550. The first-order valence-electron chi connectivity index (χ1n) is 7.04. The molecule has 0 radical (unpaired) electrons. The van der Waals surface area contributed by atoms with E-state index in [0.29, 0.717) is 6.54 Å². The summed E-state index contributed by atoms with van der Waals surface area (Å²) in [5.41, 5.74) is 7.35. The second-order valence-electron chi connectivity index (χ2n) is 5.03. The molecule has 110 valence electrons. The average molecular weight is 277 g/mol. The van der Waals surface area contributed by atoms with Gasteiger partial charge in [-0.1, -0.05) is 12.1 Å². The van der Waals surface area contributed by atoms with Gasteiger partial charge in [0.15, 0.2) is 0 Å². The maximum Gasteiger partial charge on any atom is 0.253 e. The van der Waals surface area contributed by atoms with Crippen molar-refractivity contribution in [2.75, 3.05) is 46.4 Å². The molecule has 20 heavy (non-hydrogen) atoms. The van der Waals surface area contributed by atoms with Crippen LogP contribution in [0.25, 0.3) is 0 Å². The van der Waals surface area contributed by atoms with E-state index in [1.54, 1.807) is 7.11 Å². The molecule has 0 aromatic heterocycles. The molecule has 1 heterocycles. The van der Waals surface area contributed by atoms with Crippen molar-refractivity contribution in [3.63, 3.8) is 0 Å². The highest BCUT2D eigenvalue weighted by Gasteiger charge is 2.21. The van der Waals surface area contributed by atoms with Crippen LogP contribution in [0.2, 0.25) is 0 Å². The number of rotatable bonds is 5. The zero-order valence-electron chi connectivity index (χ0n) is 12.0. The van der Waals surface area contributed by atoms with Crippen LogP contribution in [-0.4, -0.2) is 62.1 Å². The molecule has 0 atom stereocenters. The minimum absolute atomic E-state index is 0.111. The van der Waals surface area contributed by atoms with E-state index in [4.69, 9.17) is 10.5 Å². The molecule has 0 saturated carbocycles. The van der Waals surface area contributed by atoms with Crippen molar-refractivity contribution in [1.82, 2.24) is 9.80 Å². The summed E-state index contributed by atoms with van der Waals surface area (Å²) in [4.78, 5) is 16.6. The van der Waals surface area contributed by atoms with Crippen molar-refractivity contribution in [2.24, 2.45) is 5.73 Å². The zero-order valence-corrected chi connectivity index (χ0v) is 12.0. The molecule has 1 aliphatic heterocycles. The number of ether oxygens (including phenoxy) is 1. The Kier molecular flexibility index (Phi) is 5.52. The third-order valence-electron chi connectivity index (χ3n) is 3.71. The van der Waals surface area contributed by atoms with Gasteiger partial charge in [-0.2, -0.15) is 0 Å². The summed E-state index contributed by atoms with van der Waals surface area (Å²) in [5, 5.41) is 0. The summed E-state index contributed by atoms with van der Waals surface area (Å²) < 4.78 is 5.08. The van der Waals surface area contributed by atoms with Gasteiger partial charge in [0, 0.05) is 51.9 Å². The van der Waals surface area contributed by atoms with Gasteiger partial charge < -0.3 is 15.4 Å². The van der Waals surface area contributed by atoms with E-state index in [-0.39, 0.29) is 5.91 Å². The Hall–Kier alpha value is -1.43. The fraction of sp³-hybridized carbons (Fsp3) is 0.533. The topological polar surface area (TPSA) is 58.8 Å². The number of carbonyl (C=O) groups excluding carboxylic acids is 1. The molecule has 5 heteroatoms. The Labute approximate surface area is 120 Å². The van der Waals surface area contributed by atoms with Gasteiger partial charge in [0.05, 0.1) is 6.61 Å². The van der Waals surface area contributed by atoms with E-state index in [1.165, 1.54) is 0 Å². The van der Waals surface area contributed by atoms with E-state index >= 15 is 0 Å². The molecule has 0 bridgehead atoms. The third kappa shape index (κ3) is 3.79. The number of methoxy groups -OCH3 is 1. The lowest BCUT2D eigenvalue weighted by molar-refractivity contribution is 0.0594. The molecule has 0 spiro atoms. The molecule has 2 N–H and O–H groups in total. The lowest BCUT2D eigenvalue weighted by Gasteiger charge is -2.34. The molecular formula is C15H23N3O2. The van der Waals surface area contributed by atoms with Gasteiger partial charge >= 0.3 is 0 Å². The quantitative estimate of drug-likeness (QED) is 0.854. The van der Waals surface area contributed by atoms with E-state index in [0.717, 1.165) is 50.5 Å². The molecule has 0 unspecified atom stereocenters. The highest BCUT2D eigenvalue weighted by atomic mass is 16.5. The second-order valence-corrected chi connectivity index (χ2v) is 5.03. The van der Waals surface area contributed by atoms with Crippen LogP contribution < -0.4 is 5.73 Å². The number of hydrogen-bond donors (Lipinski definition) is 1. The first-order chi connectivity index (χ1) is 9.74. The first-order valence-corrected chi connectivity index (χ1v) is 7.04. The first kappa shape index (κ1) is 15.0. The Morgan fingerprint density at radius 2 is 1.85 bits per heavy atom. The van der Waals surface area contributed by atoms with Crippen LogP contribution in [0.1, 0.15) is 15.9 Å². The molecular weight excluding hydrogens is 254 g/mol. The monoisotopic (exact) mass is 277 g/mol. The average Bonchev–Trinajstić information content (AvgIpc) is 2.53. The van der Waals surface area contributed by atoms with Crippen LogP contribution in [0.4, 0.5) is 0 Å². The van der Waals surface area contributed by atoms with E-state index in [9.17, 15) is 4.79 Å². The van der Waals surface area contributed by atoms with Gasteiger partial charge in [0.1, 0.15) is 0 Å². The second kappa shape index (κ2) is 7.38. The standard InChI is InChI=1S/C15H23N3O2/c1-20-11-10-17-6-8-18(9-7-17)15(19)14-4-2-13(12-16)3-5-14/h2-5H,6-12,16H2,1H3. The molecule has 2 rings (SSSR count). The predicted molar refractivity (Wildman–Crippen MR) is 78.6 cm³/mol. The number of piperazine rings is 1. The summed E-state index contributed by atoms with van der Waals surface area (Å²) in [6, 6.07) is 7.56. The van der Waals surface area contributed by atoms with E-state index in [2.05, 4.69) is 4.90 Å². The van der Waals surface area contributed by atoms with Gasteiger partial charge in [0.25, 0.3) is 5.91 Å². The Morgan fingerprint density at radius 1 is 1.20 bits per heavy atom. The summed E-state index contributed by atoms with van der Waals surface area (Å²) in [7, 11) is 1.71. The number of hydrogen-bond acceptors (Lipinski definition) is 4. The summed E-state index contributed by atoms with van der Waals surface area (Å²) in [6.45, 7) is 5.57. The summed E-state index contributed by atoms with van der Waals surface area (Å²) in [6.07, 6.45) is 0. The minimum atomic E-state index is 0.111. The van der Waals surface area contributed by atoms with Crippen LogP contribution in [0, 0.1) is 0 Å². The van der Waals surface area contributed by atoms with Gasteiger partial charge in [-0.05, 0) is 17.7 Å². The summed E-state index contributed by atoms with van der Waals surface area (Å²) >= 11 is 0. The fourth-order valence-electron chi connectivity index (χ4n) is 2.36. The molecule has 1 fully saturated rings. The number of nitrogens with two attached hydrogens (primary N) is 1. The van der Waals surface area contributed by atoms with Gasteiger partial charge in [-0.15, -0.1) is 0 Å². The normalized spacial score (nSPS) is 16.4. The molecule has 1 saturated heterocycles. The number of nitrogens with zero attached hydrogens (tertiary/aromatic N) is 2. The van der Waals surface area contributed by atoms with E-state index < -0.39 is 0 Å². The van der Waals surface area contributed by atoms with Crippen LogP contribution in [0.15, 0.2) is 24.3 Å². The lowest BCUT2D eigenvalue weighted by Crippen LogP contribution is -2.49. The Balaban J connectivity index is 1.87. The highest BCUT2D eigenvalue weighted by molar-refractivity contribution is 5.94. The number of carbonyl (C=O) groups is 1. The van der Waals surface area contributed by atoms with Crippen molar-refractivity contribution in [3.8, 4) is 0 Å². The van der Waals surface area contributed by atoms with E-state index in [1.807, 2.05) is 29.2 Å². The van der Waals surface area contributed by atoms with Gasteiger partial charge in [-0.25, -0.2) is 0 Å². The zero-order chi connectivity index (χ0) is 14.4. The molecule has 5 nitrogen and oxygen atoms in total. The molecule has 1 aliphatic rings. The van der Waals surface area contributed by atoms with Crippen molar-refractivity contribution in [1.29, 1.82) is 0 Å². The van der Waals surface area contributed by atoms with Gasteiger partial charge in [0.2, 0.25) is 0 Å².